The smallest absolute Gasteiger partial charge is 0.180 e. The van der Waals surface area contributed by atoms with Gasteiger partial charge in [0.2, 0.25) is 0 Å². The van der Waals surface area contributed by atoms with E-state index in [1.807, 2.05) is 0 Å². The van der Waals surface area contributed by atoms with Crippen molar-refractivity contribution < 1.29 is 4.39 Å². The van der Waals surface area contributed by atoms with Crippen molar-refractivity contribution in [2.45, 2.75) is 0 Å². The van der Waals surface area contributed by atoms with Gasteiger partial charge >= 0.3 is 0 Å². The molecule has 6 heteroatoms. The first-order valence-corrected chi connectivity index (χ1v) is 6.04. The average molecular weight is 307 g/mol. The number of hydrogen-bond donors (Lipinski definition) is 1. The van der Waals surface area contributed by atoms with Crippen LogP contribution in [0.3, 0.4) is 0 Å². The van der Waals surface area contributed by atoms with Crippen LogP contribution in [-0.2, 0) is 0 Å². The first-order valence-electron chi connectivity index (χ1n) is 5.25. The number of imidazole rings is 1. The molecular weight excluding hydrogens is 299 g/mol. The Balaban J connectivity index is 2.10. The highest BCUT2D eigenvalue weighted by Gasteiger charge is 2.08. The minimum atomic E-state index is -0.330. The van der Waals surface area contributed by atoms with Crippen LogP contribution in [0.2, 0.25) is 0 Å². The summed E-state index contributed by atoms with van der Waals surface area (Å²) in [5.74, 6) is 0.170. The predicted molar refractivity (Wildman–Crippen MR) is 70.4 cm³/mol. The standard InChI is InChI=1S/C12H8BrFN4/c13-10-7-18-6-5-15-12(18)11(17-10)16-9-4-2-1-3-8(9)14/h1-7H,(H,16,17). The van der Waals surface area contributed by atoms with Gasteiger partial charge in [0.15, 0.2) is 11.5 Å². The molecule has 0 atom stereocenters. The van der Waals surface area contributed by atoms with Gasteiger partial charge in [-0.1, -0.05) is 12.1 Å². The fraction of sp³-hybridized carbons (Fsp3) is 0. The molecule has 0 fully saturated rings. The molecule has 3 aromatic rings. The predicted octanol–water partition coefficient (Wildman–Crippen LogP) is 3.37. The summed E-state index contributed by atoms with van der Waals surface area (Å²) in [5.41, 5.74) is 1.01. The molecule has 0 aliphatic heterocycles. The van der Waals surface area contributed by atoms with Crippen molar-refractivity contribution in [1.82, 2.24) is 14.4 Å². The van der Waals surface area contributed by atoms with E-state index in [-0.39, 0.29) is 5.82 Å². The zero-order valence-corrected chi connectivity index (χ0v) is 10.7. The Morgan fingerprint density at radius 1 is 1.28 bits per heavy atom. The second kappa shape index (κ2) is 4.38. The van der Waals surface area contributed by atoms with Gasteiger partial charge in [-0.05, 0) is 28.1 Å². The summed E-state index contributed by atoms with van der Waals surface area (Å²) in [4.78, 5) is 8.45. The molecule has 0 unspecified atom stereocenters. The van der Waals surface area contributed by atoms with Crippen molar-refractivity contribution in [2.24, 2.45) is 0 Å². The Hall–Kier alpha value is -1.95. The molecule has 90 valence electrons. The number of anilines is 2. The third kappa shape index (κ3) is 1.95. The second-order valence-corrected chi connectivity index (χ2v) is 4.49. The molecule has 0 aliphatic rings. The maximum Gasteiger partial charge on any atom is 0.180 e. The SMILES string of the molecule is Fc1ccccc1Nc1nc(Br)cn2ccnc12. The number of nitrogens with zero attached hydrogens (tertiary/aromatic N) is 3. The van der Waals surface area contributed by atoms with E-state index in [0.717, 1.165) is 0 Å². The van der Waals surface area contributed by atoms with Gasteiger partial charge in [-0.2, -0.15) is 0 Å². The van der Waals surface area contributed by atoms with Crippen LogP contribution in [0.4, 0.5) is 15.9 Å². The zero-order valence-electron chi connectivity index (χ0n) is 9.14. The molecule has 3 rings (SSSR count). The van der Waals surface area contributed by atoms with E-state index in [0.29, 0.717) is 21.8 Å². The topological polar surface area (TPSA) is 42.2 Å². The number of rotatable bonds is 2. The van der Waals surface area contributed by atoms with Crippen LogP contribution in [0.15, 0.2) is 47.5 Å². The highest BCUT2D eigenvalue weighted by atomic mass is 79.9. The molecule has 2 aromatic heterocycles. The largest absolute Gasteiger partial charge is 0.335 e. The number of nitrogens with one attached hydrogen (secondary N) is 1. The second-order valence-electron chi connectivity index (χ2n) is 3.68. The molecule has 18 heavy (non-hydrogen) atoms. The maximum absolute atomic E-state index is 13.6. The van der Waals surface area contributed by atoms with Crippen molar-refractivity contribution in [3.63, 3.8) is 0 Å². The first-order chi connectivity index (χ1) is 8.74. The minimum Gasteiger partial charge on any atom is -0.335 e. The van der Waals surface area contributed by atoms with Crippen LogP contribution >= 0.6 is 15.9 Å². The highest BCUT2D eigenvalue weighted by molar-refractivity contribution is 9.10. The summed E-state index contributed by atoms with van der Waals surface area (Å²) in [6, 6.07) is 6.44. The van der Waals surface area contributed by atoms with E-state index in [1.165, 1.54) is 6.07 Å². The molecule has 0 amide bonds. The molecular formula is C12H8BrFN4. The third-order valence-corrected chi connectivity index (χ3v) is 2.85. The number of benzene rings is 1. The maximum atomic E-state index is 13.6. The van der Waals surface area contributed by atoms with Gasteiger partial charge in [-0.15, -0.1) is 0 Å². The molecule has 0 saturated carbocycles. The summed E-state index contributed by atoms with van der Waals surface area (Å²) in [6.45, 7) is 0. The lowest BCUT2D eigenvalue weighted by Crippen LogP contribution is -2.00. The summed E-state index contributed by atoms with van der Waals surface area (Å²) < 4.78 is 16.0. The number of halogens is 2. The molecule has 0 spiro atoms. The summed E-state index contributed by atoms with van der Waals surface area (Å²) in [6.07, 6.45) is 5.25. The van der Waals surface area contributed by atoms with E-state index in [2.05, 4.69) is 31.2 Å². The van der Waals surface area contributed by atoms with Crippen molar-refractivity contribution in [2.75, 3.05) is 5.32 Å². The van der Waals surface area contributed by atoms with E-state index in [4.69, 9.17) is 0 Å². The van der Waals surface area contributed by atoms with Gasteiger partial charge in [0, 0.05) is 18.6 Å². The van der Waals surface area contributed by atoms with Crippen LogP contribution in [0.25, 0.3) is 5.65 Å². The Morgan fingerprint density at radius 2 is 2.11 bits per heavy atom. The molecule has 0 radical (unpaired) electrons. The molecule has 0 saturated heterocycles. The lowest BCUT2D eigenvalue weighted by molar-refractivity contribution is 0.632. The zero-order chi connectivity index (χ0) is 12.5. The lowest BCUT2D eigenvalue weighted by Gasteiger charge is -2.08. The molecule has 0 aliphatic carbocycles. The molecule has 2 heterocycles. The Bertz CT molecular complexity index is 710. The Labute approximate surface area is 111 Å². The molecule has 1 aromatic carbocycles. The van der Waals surface area contributed by atoms with Crippen LogP contribution in [0.5, 0.6) is 0 Å². The van der Waals surface area contributed by atoms with Crippen molar-refractivity contribution in [3.05, 3.63) is 53.3 Å². The van der Waals surface area contributed by atoms with Crippen LogP contribution in [0, 0.1) is 5.82 Å². The van der Waals surface area contributed by atoms with E-state index in [1.54, 1.807) is 41.2 Å². The van der Waals surface area contributed by atoms with E-state index < -0.39 is 0 Å². The van der Waals surface area contributed by atoms with E-state index >= 15 is 0 Å². The van der Waals surface area contributed by atoms with Crippen LogP contribution < -0.4 is 5.32 Å². The monoisotopic (exact) mass is 306 g/mol. The summed E-state index contributed by atoms with van der Waals surface area (Å²) in [5, 5.41) is 2.94. The summed E-state index contributed by atoms with van der Waals surface area (Å²) in [7, 11) is 0. The van der Waals surface area contributed by atoms with Crippen LogP contribution in [-0.4, -0.2) is 14.4 Å². The Morgan fingerprint density at radius 3 is 2.94 bits per heavy atom. The number of para-hydroxylation sites is 1. The summed E-state index contributed by atoms with van der Waals surface area (Å²) >= 11 is 3.31. The van der Waals surface area contributed by atoms with Gasteiger partial charge in [0.25, 0.3) is 0 Å². The van der Waals surface area contributed by atoms with E-state index in [9.17, 15) is 4.39 Å². The van der Waals surface area contributed by atoms with Crippen molar-refractivity contribution in [3.8, 4) is 0 Å². The van der Waals surface area contributed by atoms with Crippen molar-refractivity contribution in [1.29, 1.82) is 0 Å². The third-order valence-electron chi connectivity index (χ3n) is 2.47. The molecule has 4 nitrogen and oxygen atoms in total. The van der Waals surface area contributed by atoms with Gasteiger partial charge in [0.1, 0.15) is 10.4 Å². The minimum absolute atomic E-state index is 0.330. The number of hydrogen-bond acceptors (Lipinski definition) is 3. The van der Waals surface area contributed by atoms with Gasteiger partial charge in [-0.25, -0.2) is 14.4 Å². The lowest BCUT2D eigenvalue weighted by atomic mass is 10.3. The fourth-order valence-electron chi connectivity index (χ4n) is 1.68. The van der Waals surface area contributed by atoms with Gasteiger partial charge < -0.3 is 9.72 Å². The number of fused-ring (bicyclic) bond motifs is 1. The number of aromatic nitrogens is 3. The quantitative estimate of drug-likeness (QED) is 0.789. The molecule has 0 bridgehead atoms. The highest BCUT2D eigenvalue weighted by Crippen LogP contribution is 2.22. The normalized spacial score (nSPS) is 10.8. The fourth-order valence-corrected chi connectivity index (χ4v) is 2.07. The molecule has 1 N–H and O–H groups in total. The Kier molecular flexibility index (Phi) is 2.71. The van der Waals surface area contributed by atoms with Crippen molar-refractivity contribution >= 4 is 33.1 Å². The van der Waals surface area contributed by atoms with Crippen LogP contribution in [0.1, 0.15) is 0 Å². The van der Waals surface area contributed by atoms with Gasteiger partial charge in [0.05, 0.1) is 5.69 Å². The first kappa shape index (κ1) is 11.2. The van der Waals surface area contributed by atoms with Gasteiger partial charge in [-0.3, -0.25) is 0 Å². The average Bonchev–Trinajstić information content (AvgIpc) is 2.80.